The molecule has 0 saturated heterocycles. The summed E-state index contributed by atoms with van der Waals surface area (Å²) in [6.07, 6.45) is -1.12. The topological polar surface area (TPSA) is 118 Å². The molecule has 2 rings (SSSR count). The SMILES string of the molecule is CCC[C@H](NC(=O)C(O)c1cc(F)cc(F)c1)C(=O)Nc1nc(C(C)C)c(C(=O)OC)s1. The van der Waals surface area contributed by atoms with Gasteiger partial charge in [0, 0.05) is 6.07 Å². The summed E-state index contributed by atoms with van der Waals surface area (Å²) < 4.78 is 31.5. The van der Waals surface area contributed by atoms with E-state index in [4.69, 9.17) is 4.74 Å². The van der Waals surface area contributed by atoms with Gasteiger partial charge in [0.1, 0.15) is 22.6 Å². The summed E-state index contributed by atoms with van der Waals surface area (Å²) in [4.78, 5) is 41.7. The van der Waals surface area contributed by atoms with Crippen molar-refractivity contribution in [1.29, 1.82) is 0 Å². The van der Waals surface area contributed by atoms with Crippen molar-refractivity contribution in [2.24, 2.45) is 0 Å². The Bertz CT molecular complexity index is 976. The van der Waals surface area contributed by atoms with Gasteiger partial charge in [-0.3, -0.25) is 9.59 Å². The van der Waals surface area contributed by atoms with Crippen molar-refractivity contribution in [3.8, 4) is 0 Å². The van der Waals surface area contributed by atoms with Crippen LogP contribution in [0.2, 0.25) is 0 Å². The van der Waals surface area contributed by atoms with Crippen molar-refractivity contribution < 1.29 is 33.0 Å². The fourth-order valence-electron chi connectivity index (χ4n) is 2.90. The number of aromatic nitrogens is 1. The second kappa shape index (κ2) is 11.1. The Balaban J connectivity index is 2.17. The molecule has 0 aliphatic rings. The standard InChI is InChI=1S/C21H25F2N3O5S/c1-5-6-14(24-19(29)16(27)11-7-12(22)9-13(23)8-11)18(28)26-21-25-15(10(2)3)17(32-21)20(30)31-4/h7-10,14,16,27H,5-6H2,1-4H3,(H,24,29)(H,25,26,28)/t14-,16?/m0/s1. The molecule has 174 valence electrons. The van der Waals surface area contributed by atoms with Crippen LogP contribution in [0.25, 0.3) is 0 Å². The van der Waals surface area contributed by atoms with E-state index >= 15 is 0 Å². The zero-order valence-corrected chi connectivity index (χ0v) is 18.9. The highest BCUT2D eigenvalue weighted by atomic mass is 32.1. The van der Waals surface area contributed by atoms with Gasteiger partial charge >= 0.3 is 5.97 Å². The van der Waals surface area contributed by atoms with Gasteiger partial charge in [-0.2, -0.15) is 0 Å². The van der Waals surface area contributed by atoms with E-state index < -0.39 is 41.6 Å². The third kappa shape index (κ3) is 6.30. The van der Waals surface area contributed by atoms with E-state index in [1.165, 1.54) is 7.11 Å². The van der Waals surface area contributed by atoms with Crippen LogP contribution in [-0.4, -0.2) is 41.0 Å². The molecule has 2 atom stereocenters. The second-order valence-electron chi connectivity index (χ2n) is 7.32. The number of nitrogens with zero attached hydrogens (tertiary/aromatic N) is 1. The minimum absolute atomic E-state index is 0.0982. The predicted octanol–water partition coefficient (Wildman–Crippen LogP) is 3.29. The summed E-state index contributed by atoms with van der Waals surface area (Å²) in [6.45, 7) is 5.47. The summed E-state index contributed by atoms with van der Waals surface area (Å²) in [5.74, 6) is -4.16. The fraction of sp³-hybridized carbons (Fsp3) is 0.429. The van der Waals surface area contributed by atoms with Gasteiger partial charge < -0.3 is 20.5 Å². The highest BCUT2D eigenvalue weighted by molar-refractivity contribution is 7.17. The first-order valence-corrected chi connectivity index (χ1v) is 10.7. The van der Waals surface area contributed by atoms with E-state index in [0.717, 1.165) is 23.5 Å². The lowest BCUT2D eigenvalue weighted by atomic mass is 10.1. The molecule has 0 aliphatic heterocycles. The smallest absolute Gasteiger partial charge is 0.350 e. The molecule has 11 heteroatoms. The zero-order chi connectivity index (χ0) is 24.0. The lowest BCUT2D eigenvalue weighted by Gasteiger charge is -2.19. The number of hydrogen-bond donors (Lipinski definition) is 3. The molecular formula is C21H25F2N3O5S. The first kappa shape index (κ1) is 25.3. The van der Waals surface area contributed by atoms with Crippen molar-refractivity contribution in [3.63, 3.8) is 0 Å². The van der Waals surface area contributed by atoms with E-state index in [1.54, 1.807) is 6.92 Å². The molecule has 3 N–H and O–H groups in total. The molecule has 1 aromatic carbocycles. The van der Waals surface area contributed by atoms with E-state index in [9.17, 15) is 28.3 Å². The molecule has 32 heavy (non-hydrogen) atoms. The Labute approximate surface area is 188 Å². The molecule has 0 bridgehead atoms. The van der Waals surface area contributed by atoms with Crippen LogP contribution >= 0.6 is 11.3 Å². The Hall–Kier alpha value is -2.92. The van der Waals surface area contributed by atoms with Gasteiger partial charge in [0.05, 0.1) is 12.8 Å². The van der Waals surface area contributed by atoms with Gasteiger partial charge in [-0.15, -0.1) is 0 Å². The summed E-state index contributed by atoms with van der Waals surface area (Å²) in [5.41, 5.74) is 0.191. The quantitative estimate of drug-likeness (QED) is 0.485. The highest BCUT2D eigenvalue weighted by Gasteiger charge is 2.27. The van der Waals surface area contributed by atoms with Gasteiger partial charge in [0.15, 0.2) is 11.2 Å². The normalized spacial score (nSPS) is 12.9. The number of anilines is 1. The molecule has 0 fully saturated rings. The van der Waals surface area contributed by atoms with E-state index in [-0.39, 0.29) is 27.9 Å². The van der Waals surface area contributed by atoms with Crippen LogP contribution in [0.5, 0.6) is 0 Å². The van der Waals surface area contributed by atoms with E-state index in [0.29, 0.717) is 18.2 Å². The Morgan fingerprint density at radius 1 is 1.16 bits per heavy atom. The number of ether oxygens (including phenoxy) is 1. The van der Waals surface area contributed by atoms with Gasteiger partial charge in [-0.25, -0.2) is 18.6 Å². The maximum atomic E-state index is 13.4. The Morgan fingerprint density at radius 2 is 1.78 bits per heavy atom. The minimum Gasteiger partial charge on any atom is -0.465 e. The van der Waals surface area contributed by atoms with Crippen molar-refractivity contribution in [3.05, 3.63) is 46.0 Å². The third-order valence-electron chi connectivity index (χ3n) is 4.46. The summed E-state index contributed by atoms with van der Waals surface area (Å²) in [5, 5.41) is 15.3. The number of carbonyl (C=O) groups excluding carboxylic acids is 3. The van der Waals surface area contributed by atoms with Gasteiger partial charge in [0.25, 0.3) is 5.91 Å². The van der Waals surface area contributed by atoms with Crippen LogP contribution in [0.4, 0.5) is 13.9 Å². The van der Waals surface area contributed by atoms with Gasteiger partial charge in [-0.1, -0.05) is 38.5 Å². The molecule has 0 aliphatic carbocycles. The number of amides is 2. The van der Waals surface area contributed by atoms with Crippen molar-refractivity contribution in [1.82, 2.24) is 10.3 Å². The lowest BCUT2D eigenvalue weighted by Crippen LogP contribution is -2.45. The van der Waals surface area contributed by atoms with Crippen molar-refractivity contribution in [2.45, 2.75) is 51.7 Å². The van der Waals surface area contributed by atoms with Crippen LogP contribution in [0.3, 0.4) is 0 Å². The molecule has 0 saturated carbocycles. The molecule has 1 heterocycles. The molecule has 0 spiro atoms. The molecule has 1 unspecified atom stereocenters. The molecule has 2 amide bonds. The van der Waals surface area contributed by atoms with Crippen molar-refractivity contribution in [2.75, 3.05) is 12.4 Å². The fourth-order valence-corrected chi connectivity index (χ4v) is 3.94. The first-order chi connectivity index (χ1) is 15.1. The van der Waals surface area contributed by atoms with Crippen LogP contribution in [0, 0.1) is 11.6 Å². The second-order valence-corrected chi connectivity index (χ2v) is 8.32. The number of nitrogens with one attached hydrogen (secondary N) is 2. The molecule has 2 aromatic rings. The number of aliphatic hydroxyl groups excluding tert-OH is 1. The molecular weight excluding hydrogens is 444 g/mol. The van der Waals surface area contributed by atoms with Crippen molar-refractivity contribution >= 4 is 34.3 Å². The third-order valence-corrected chi connectivity index (χ3v) is 5.43. The van der Waals surface area contributed by atoms with Crippen LogP contribution < -0.4 is 10.6 Å². The minimum atomic E-state index is -1.87. The van der Waals surface area contributed by atoms with Crippen LogP contribution in [-0.2, 0) is 14.3 Å². The van der Waals surface area contributed by atoms with E-state index in [2.05, 4.69) is 15.6 Å². The van der Waals surface area contributed by atoms with Crippen LogP contribution in [0.15, 0.2) is 18.2 Å². The largest absolute Gasteiger partial charge is 0.465 e. The number of halogens is 2. The summed E-state index contributed by atoms with van der Waals surface area (Å²) in [6, 6.07) is 1.23. The average molecular weight is 470 g/mol. The Morgan fingerprint density at radius 3 is 2.31 bits per heavy atom. The van der Waals surface area contributed by atoms with E-state index in [1.807, 2.05) is 13.8 Å². The number of methoxy groups -OCH3 is 1. The number of carbonyl (C=O) groups is 3. The molecule has 1 aromatic heterocycles. The number of esters is 1. The summed E-state index contributed by atoms with van der Waals surface area (Å²) in [7, 11) is 1.24. The molecule has 0 radical (unpaired) electrons. The molecule has 8 nitrogen and oxygen atoms in total. The lowest BCUT2D eigenvalue weighted by molar-refractivity contribution is -0.133. The van der Waals surface area contributed by atoms with Gasteiger partial charge in [-0.05, 0) is 30.0 Å². The number of thiazole rings is 1. The first-order valence-electron chi connectivity index (χ1n) is 9.91. The zero-order valence-electron chi connectivity index (χ0n) is 18.1. The summed E-state index contributed by atoms with van der Waals surface area (Å²) >= 11 is 0.947. The number of rotatable bonds is 9. The monoisotopic (exact) mass is 469 g/mol. The predicted molar refractivity (Wildman–Crippen MR) is 114 cm³/mol. The number of aliphatic hydroxyl groups is 1. The maximum absolute atomic E-state index is 13.4. The Kier molecular flexibility index (Phi) is 8.79. The highest BCUT2D eigenvalue weighted by Crippen LogP contribution is 2.29. The maximum Gasteiger partial charge on any atom is 0.350 e. The number of benzene rings is 1. The van der Waals surface area contributed by atoms with Crippen LogP contribution in [0.1, 0.15) is 66.6 Å². The van der Waals surface area contributed by atoms with Gasteiger partial charge in [0.2, 0.25) is 5.91 Å². The number of hydrogen-bond acceptors (Lipinski definition) is 7. The average Bonchev–Trinajstić information content (AvgIpc) is 3.15.